The highest BCUT2D eigenvalue weighted by atomic mass is 19.4. The summed E-state index contributed by atoms with van der Waals surface area (Å²) in [5.41, 5.74) is 2.47. The summed E-state index contributed by atoms with van der Waals surface area (Å²) in [6.07, 6.45) is -2.19. The van der Waals surface area contributed by atoms with E-state index in [1.165, 1.54) is 12.1 Å². The number of piperazine rings is 1. The molecule has 0 aliphatic carbocycles. The van der Waals surface area contributed by atoms with E-state index >= 15 is 0 Å². The van der Waals surface area contributed by atoms with Crippen molar-refractivity contribution in [2.75, 3.05) is 37.6 Å². The lowest BCUT2D eigenvalue weighted by molar-refractivity contribution is -0.155. The maximum atomic E-state index is 13.3. The number of carbonyl (C=O) groups is 1. The van der Waals surface area contributed by atoms with E-state index in [-0.39, 0.29) is 12.1 Å². The molecule has 1 fully saturated rings. The Morgan fingerprint density at radius 1 is 0.850 bits per heavy atom. The average Bonchev–Trinajstić information content (AvgIpc) is 2.95. The summed E-state index contributed by atoms with van der Waals surface area (Å²) in [7, 11) is 0. The molecule has 0 saturated carbocycles. The quantitative estimate of drug-likeness (QED) is 0.243. The predicted molar refractivity (Wildman–Crippen MR) is 154 cm³/mol. The monoisotopic (exact) mass is 552 g/mol. The highest BCUT2D eigenvalue weighted by molar-refractivity contribution is 5.83. The van der Waals surface area contributed by atoms with Crippen LogP contribution in [0, 0.1) is 0 Å². The van der Waals surface area contributed by atoms with Gasteiger partial charge in [0.05, 0.1) is 17.1 Å². The van der Waals surface area contributed by atoms with Crippen LogP contribution in [0.1, 0.15) is 51.2 Å². The van der Waals surface area contributed by atoms with Crippen molar-refractivity contribution in [3.05, 3.63) is 90.0 Å². The van der Waals surface area contributed by atoms with Crippen LogP contribution in [0.15, 0.2) is 78.9 Å². The van der Waals surface area contributed by atoms with E-state index in [9.17, 15) is 18.0 Å². The minimum atomic E-state index is -4.34. The second-order valence-electron chi connectivity index (χ2n) is 10.8. The molecule has 0 radical (unpaired) electrons. The normalized spacial score (nSPS) is 16.1. The fraction of sp³-hybridized carbons (Fsp3) is 0.424. The Morgan fingerprint density at radius 2 is 1.52 bits per heavy atom. The minimum Gasteiger partial charge on any atom is -0.462 e. The van der Waals surface area contributed by atoms with Crippen molar-refractivity contribution in [1.29, 1.82) is 0 Å². The third-order valence-electron chi connectivity index (χ3n) is 7.87. The maximum absolute atomic E-state index is 13.3. The molecule has 0 aromatic heterocycles. The van der Waals surface area contributed by atoms with Crippen molar-refractivity contribution in [2.24, 2.45) is 0 Å². The third kappa shape index (κ3) is 7.05. The van der Waals surface area contributed by atoms with Gasteiger partial charge in [-0.25, -0.2) is 0 Å². The van der Waals surface area contributed by atoms with Crippen LogP contribution < -0.4 is 4.90 Å². The van der Waals surface area contributed by atoms with Gasteiger partial charge >= 0.3 is 12.1 Å². The fourth-order valence-corrected chi connectivity index (χ4v) is 5.54. The Kier molecular flexibility index (Phi) is 9.56. The molecule has 4 rings (SSSR count). The zero-order valence-electron chi connectivity index (χ0n) is 23.6. The SMILES string of the molecule is CCC(CCCN1CCN(c2cccc(-c3ccc(C(F)(F)F)cc3)c2)CC1)(C(=O)OC(C)C)c1ccccc1. The van der Waals surface area contributed by atoms with Crippen LogP contribution in [0.5, 0.6) is 0 Å². The summed E-state index contributed by atoms with van der Waals surface area (Å²) in [5.74, 6) is -0.144. The molecular formula is C33H39F3N2O2. The Balaban J connectivity index is 1.35. The van der Waals surface area contributed by atoms with Gasteiger partial charge in [-0.2, -0.15) is 13.2 Å². The lowest BCUT2D eigenvalue weighted by Gasteiger charge is -2.37. The predicted octanol–water partition coefficient (Wildman–Crippen LogP) is 7.57. The highest BCUT2D eigenvalue weighted by Gasteiger charge is 2.40. The number of hydrogen-bond acceptors (Lipinski definition) is 4. The van der Waals surface area contributed by atoms with Crippen LogP contribution in [0.25, 0.3) is 11.1 Å². The Labute approximate surface area is 235 Å². The number of benzene rings is 3. The van der Waals surface area contributed by atoms with Gasteiger partial charge in [-0.15, -0.1) is 0 Å². The molecule has 214 valence electrons. The molecule has 40 heavy (non-hydrogen) atoms. The summed E-state index contributed by atoms with van der Waals surface area (Å²) in [6, 6.07) is 23.3. The molecule has 1 atom stereocenters. The molecule has 0 spiro atoms. The van der Waals surface area contributed by atoms with E-state index in [0.29, 0.717) is 6.42 Å². The van der Waals surface area contributed by atoms with Gasteiger partial charge in [-0.3, -0.25) is 9.69 Å². The highest BCUT2D eigenvalue weighted by Crippen LogP contribution is 2.36. The van der Waals surface area contributed by atoms with E-state index in [4.69, 9.17) is 4.74 Å². The van der Waals surface area contributed by atoms with Crippen molar-refractivity contribution in [3.63, 3.8) is 0 Å². The molecule has 1 aliphatic rings. The molecule has 3 aromatic carbocycles. The summed E-state index contributed by atoms with van der Waals surface area (Å²) >= 11 is 0. The lowest BCUT2D eigenvalue weighted by Crippen LogP contribution is -2.47. The van der Waals surface area contributed by atoms with Crippen molar-refractivity contribution in [1.82, 2.24) is 4.90 Å². The largest absolute Gasteiger partial charge is 0.462 e. The van der Waals surface area contributed by atoms with E-state index < -0.39 is 17.2 Å². The van der Waals surface area contributed by atoms with Gasteiger partial charge in [0, 0.05) is 31.9 Å². The number of nitrogens with zero attached hydrogens (tertiary/aromatic N) is 2. The molecule has 0 bridgehead atoms. The molecule has 1 aliphatic heterocycles. The maximum Gasteiger partial charge on any atom is 0.416 e. The van der Waals surface area contributed by atoms with E-state index in [1.807, 2.05) is 62.4 Å². The van der Waals surface area contributed by atoms with Gasteiger partial charge in [0.25, 0.3) is 0 Å². The number of anilines is 1. The van der Waals surface area contributed by atoms with Crippen LogP contribution in [-0.4, -0.2) is 49.7 Å². The van der Waals surface area contributed by atoms with Crippen LogP contribution in [0.4, 0.5) is 18.9 Å². The fourth-order valence-electron chi connectivity index (χ4n) is 5.54. The number of alkyl halides is 3. The molecular weight excluding hydrogens is 513 g/mol. The summed E-state index contributed by atoms with van der Waals surface area (Å²) < 4.78 is 44.5. The van der Waals surface area contributed by atoms with Gasteiger partial charge in [-0.1, -0.05) is 61.5 Å². The molecule has 7 heteroatoms. The molecule has 4 nitrogen and oxygen atoms in total. The standard InChI is InChI=1S/C33H39F3N2O2/c1-4-32(31(39)40-25(2)3,28-11-6-5-7-12-28)18-9-19-37-20-22-38(23-21-37)30-13-8-10-27(24-30)26-14-16-29(17-15-26)33(34,35)36/h5-8,10-17,24-25H,4,9,18-23H2,1-3H3. The summed E-state index contributed by atoms with van der Waals surface area (Å²) in [5, 5.41) is 0. The van der Waals surface area contributed by atoms with Crippen molar-refractivity contribution in [2.45, 2.75) is 57.7 Å². The van der Waals surface area contributed by atoms with Gasteiger partial charge in [0.2, 0.25) is 0 Å². The molecule has 0 amide bonds. The molecule has 0 N–H and O–H groups in total. The van der Waals surface area contributed by atoms with Crippen molar-refractivity contribution < 1.29 is 22.7 Å². The first kappa shape index (κ1) is 29.7. The first-order valence-electron chi connectivity index (χ1n) is 14.1. The molecule has 3 aromatic rings. The van der Waals surface area contributed by atoms with E-state index in [1.54, 1.807) is 0 Å². The van der Waals surface area contributed by atoms with Crippen LogP contribution in [-0.2, 0) is 21.1 Å². The van der Waals surface area contributed by atoms with Crippen LogP contribution in [0.3, 0.4) is 0 Å². The van der Waals surface area contributed by atoms with Gasteiger partial charge in [-0.05, 0) is 80.6 Å². The van der Waals surface area contributed by atoms with Gasteiger partial charge in [0.1, 0.15) is 0 Å². The Morgan fingerprint density at radius 3 is 2.12 bits per heavy atom. The molecule has 1 saturated heterocycles. The van der Waals surface area contributed by atoms with Crippen molar-refractivity contribution >= 4 is 11.7 Å². The van der Waals surface area contributed by atoms with E-state index in [0.717, 1.165) is 80.1 Å². The summed E-state index contributed by atoms with van der Waals surface area (Å²) in [6.45, 7) is 10.3. The topological polar surface area (TPSA) is 32.8 Å². The number of hydrogen-bond donors (Lipinski definition) is 0. The number of carbonyl (C=O) groups excluding carboxylic acids is 1. The second kappa shape index (κ2) is 12.9. The van der Waals surface area contributed by atoms with Crippen LogP contribution >= 0.6 is 0 Å². The number of rotatable bonds is 10. The Hall–Kier alpha value is -3.32. The smallest absolute Gasteiger partial charge is 0.416 e. The van der Waals surface area contributed by atoms with Gasteiger partial charge in [0.15, 0.2) is 0 Å². The first-order valence-corrected chi connectivity index (χ1v) is 14.1. The zero-order valence-corrected chi connectivity index (χ0v) is 23.6. The lowest BCUT2D eigenvalue weighted by atomic mass is 9.74. The second-order valence-corrected chi connectivity index (χ2v) is 10.8. The molecule has 1 heterocycles. The third-order valence-corrected chi connectivity index (χ3v) is 7.87. The average molecular weight is 553 g/mol. The number of halogens is 3. The first-order chi connectivity index (χ1) is 19.1. The molecule has 1 unspecified atom stereocenters. The zero-order chi connectivity index (χ0) is 28.8. The number of esters is 1. The van der Waals surface area contributed by atoms with Crippen LogP contribution in [0.2, 0.25) is 0 Å². The van der Waals surface area contributed by atoms with Crippen molar-refractivity contribution in [3.8, 4) is 11.1 Å². The van der Waals surface area contributed by atoms with Gasteiger partial charge < -0.3 is 9.64 Å². The Bertz CT molecular complexity index is 1240. The minimum absolute atomic E-state index is 0.144. The number of ether oxygens (including phenoxy) is 1. The van der Waals surface area contributed by atoms with E-state index in [2.05, 4.69) is 22.8 Å². The summed E-state index contributed by atoms with van der Waals surface area (Å²) in [4.78, 5) is 18.1.